The van der Waals surface area contributed by atoms with E-state index in [1.807, 2.05) is 0 Å². The number of carboxylic acid groups (broad SMARTS) is 1. The van der Waals surface area contributed by atoms with Crippen molar-refractivity contribution in [3.8, 4) is 0 Å². The van der Waals surface area contributed by atoms with E-state index in [9.17, 15) is 41.4 Å². The van der Waals surface area contributed by atoms with Gasteiger partial charge in [-0.2, -0.15) is 26.3 Å². The number of aliphatic hydroxyl groups excluding tert-OH is 1. The third-order valence-electron chi connectivity index (χ3n) is 6.26. The number of nitrogens with one attached hydrogen (secondary N) is 1. The average molecular weight is 503 g/mol. The lowest BCUT2D eigenvalue weighted by Crippen LogP contribution is -2.60. The lowest BCUT2D eigenvalue weighted by Gasteiger charge is -2.48. The van der Waals surface area contributed by atoms with Crippen molar-refractivity contribution >= 4 is 6.09 Å². The Balaban J connectivity index is 1.85. The lowest BCUT2D eigenvalue weighted by atomic mass is 9.85. The van der Waals surface area contributed by atoms with Crippen LogP contribution in [-0.4, -0.2) is 34.2 Å². The zero-order valence-corrected chi connectivity index (χ0v) is 18.7. The molecule has 2 N–H and O–H groups in total. The van der Waals surface area contributed by atoms with Crippen LogP contribution in [0.2, 0.25) is 0 Å². The van der Waals surface area contributed by atoms with E-state index in [0.29, 0.717) is 24.1 Å². The van der Waals surface area contributed by atoms with Crippen LogP contribution in [-0.2, 0) is 18.9 Å². The van der Waals surface area contributed by atoms with Gasteiger partial charge in [-0.1, -0.05) is 37.3 Å². The number of halogens is 6. The first-order chi connectivity index (χ1) is 16.3. The van der Waals surface area contributed by atoms with Gasteiger partial charge < -0.3 is 25.2 Å². The van der Waals surface area contributed by atoms with Crippen molar-refractivity contribution in [2.45, 2.75) is 69.3 Å². The molecule has 35 heavy (non-hydrogen) atoms. The van der Waals surface area contributed by atoms with E-state index in [-0.39, 0.29) is 31.0 Å². The highest BCUT2D eigenvalue weighted by molar-refractivity contribution is 5.64. The maximum Gasteiger partial charge on any atom is 0.416 e. The maximum atomic E-state index is 13.2. The van der Waals surface area contributed by atoms with E-state index in [4.69, 9.17) is 0 Å². The molecule has 1 heterocycles. The molecule has 5 nitrogen and oxygen atoms in total. The summed E-state index contributed by atoms with van der Waals surface area (Å²) < 4.78 is 79.0. The SMILES string of the molecule is CCC1CC(NCc2cc(C(F)(F)F)cc(C(F)(F)F)c2)CC([C@H](O)c2ccccc2)N1C(=O)[O-]. The molecule has 4 atom stereocenters. The summed E-state index contributed by atoms with van der Waals surface area (Å²) >= 11 is 0. The van der Waals surface area contributed by atoms with Gasteiger partial charge in [0.15, 0.2) is 0 Å². The normalized spacial score (nSPS) is 22.2. The number of hydrogen-bond donors (Lipinski definition) is 2. The quantitative estimate of drug-likeness (QED) is 0.570. The number of rotatable bonds is 6. The predicted octanol–water partition coefficient (Wildman–Crippen LogP) is 4.50. The zero-order chi connectivity index (χ0) is 26.0. The molecule has 1 fully saturated rings. The second-order valence-electron chi connectivity index (χ2n) is 8.62. The van der Waals surface area contributed by atoms with Gasteiger partial charge in [0.05, 0.1) is 23.3 Å². The molecular weight excluding hydrogens is 478 g/mol. The van der Waals surface area contributed by atoms with Crippen LogP contribution in [0.15, 0.2) is 48.5 Å². The summed E-state index contributed by atoms with van der Waals surface area (Å²) in [7, 11) is 0. The Kier molecular flexibility index (Phi) is 8.00. The predicted molar refractivity (Wildman–Crippen MR) is 113 cm³/mol. The molecule has 2 aromatic rings. The number of likely N-dealkylation sites (tertiary alicyclic amines) is 1. The van der Waals surface area contributed by atoms with Gasteiger partial charge in [0, 0.05) is 18.6 Å². The maximum absolute atomic E-state index is 13.2. The molecule has 3 rings (SSSR count). The summed E-state index contributed by atoms with van der Waals surface area (Å²) in [6.07, 6.45) is -11.8. The summed E-state index contributed by atoms with van der Waals surface area (Å²) in [5.74, 6) is 0. The monoisotopic (exact) mass is 503 g/mol. The molecule has 0 aliphatic carbocycles. The number of nitrogens with zero attached hydrogens (tertiary/aromatic N) is 1. The van der Waals surface area contributed by atoms with Crippen molar-refractivity contribution in [1.82, 2.24) is 10.2 Å². The Morgan fingerprint density at radius 3 is 2.11 bits per heavy atom. The zero-order valence-electron chi connectivity index (χ0n) is 18.7. The van der Waals surface area contributed by atoms with E-state index in [1.54, 1.807) is 37.3 Å². The van der Waals surface area contributed by atoms with Gasteiger partial charge in [-0.05, 0) is 48.6 Å². The largest absolute Gasteiger partial charge is 0.530 e. The summed E-state index contributed by atoms with van der Waals surface area (Å²) in [6.45, 7) is 1.45. The van der Waals surface area contributed by atoms with Gasteiger partial charge in [0.25, 0.3) is 0 Å². The third kappa shape index (κ3) is 6.46. The van der Waals surface area contributed by atoms with Gasteiger partial charge in [0.1, 0.15) is 6.09 Å². The molecule has 192 valence electrons. The lowest BCUT2D eigenvalue weighted by molar-refractivity contribution is -0.275. The smallest absolute Gasteiger partial charge is 0.416 e. The summed E-state index contributed by atoms with van der Waals surface area (Å²) in [6, 6.07) is 7.83. The summed E-state index contributed by atoms with van der Waals surface area (Å²) in [5.41, 5.74) is -2.53. The Hall–Kier alpha value is -2.79. The Morgan fingerprint density at radius 1 is 1.06 bits per heavy atom. The van der Waals surface area contributed by atoms with E-state index < -0.39 is 53.8 Å². The van der Waals surface area contributed by atoms with Gasteiger partial charge in [0.2, 0.25) is 0 Å². The van der Waals surface area contributed by atoms with Crippen LogP contribution in [0, 0.1) is 0 Å². The third-order valence-corrected chi connectivity index (χ3v) is 6.26. The van der Waals surface area contributed by atoms with Crippen LogP contribution in [0.5, 0.6) is 0 Å². The molecule has 11 heteroatoms. The molecule has 1 saturated heterocycles. The topological polar surface area (TPSA) is 75.6 Å². The molecule has 3 unspecified atom stereocenters. The Labute approximate surface area is 198 Å². The van der Waals surface area contributed by atoms with Gasteiger partial charge in [-0.3, -0.25) is 0 Å². The van der Waals surface area contributed by atoms with Crippen molar-refractivity contribution in [2.75, 3.05) is 0 Å². The first-order valence-corrected chi connectivity index (χ1v) is 11.0. The minimum atomic E-state index is -4.95. The molecule has 0 saturated carbocycles. The summed E-state index contributed by atoms with van der Waals surface area (Å²) in [4.78, 5) is 13.0. The number of alkyl halides is 6. The van der Waals surface area contributed by atoms with Crippen LogP contribution >= 0.6 is 0 Å². The van der Waals surface area contributed by atoms with Crippen LogP contribution in [0.4, 0.5) is 31.1 Å². The molecule has 2 aromatic carbocycles. The fourth-order valence-electron chi connectivity index (χ4n) is 4.57. The van der Waals surface area contributed by atoms with Crippen molar-refractivity contribution in [2.24, 2.45) is 0 Å². The molecule has 0 spiro atoms. The van der Waals surface area contributed by atoms with Crippen molar-refractivity contribution in [3.63, 3.8) is 0 Å². The molecule has 1 aliphatic rings. The number of carbonyl (C=O) groups is 1. The van der Waals surface area contributed by atoms with Crippen LogP contribution in [0.1, 0.15) is 54.5 Å². The van der Waals surface area contributed by atoms with Crippen LogP contribution in [0.3, 0.4) is 0 Å². The number of benzene rings is 2. The number of hydrogen-bond acceptors (Lipinski definition) is 4. The molecule has 0 radical (unpaired) electrons. The highest BCUT2D eigenvalue weighted by Gasteiger charge is 2.40. The minimum absolute atomic E-state index is 0.0706. The Bertz CT molecular complexity index is 980. The second kappa shape index (κ2) is 10.4. The van der Waals surface area contributed by atoms with E-state index >= 15 is 0 Å². The second-order valence-corrected chi connectivity index (χ2v) is 8.62. The highest BCUT2D eigenvalue weighted by atomic mass is 19.4. The number of carbonyl (C=O) groups excluding carboxylic acids is 1. The van der Waals surface area contributed by atoms with E-state index in [0.717, 1.165) is 4.90 Å². The van der Waals surface area contributed by atoms with E-state index in [2.05, 4.69) is 5.32 Å². The molecular formula is C24H25F6N2O3-. The van der Waals surface area contributed by atoms with Crippen LogP contribution < -0.4 is 10.4 Å². The van der Waals surface area contributed by atoms with Crippen molar-refractivity contribution in [3.05, 3.63) is 70.8 Å². The molecule has 0 aromatic heterocycles. The average Bonchev–Trinajstić information content (AvgIpc) is 2.80. The number of amides is 1. The number of piperidine rings is 1. The van der Waals surface area contributed by atoms with Crippen molar-refractivity contribution in [1.29, 1.82) is 0 Å². The fraction of sp³-hybridized carbons (Fsp3) is 0.458. The number of aliphatic hydroxyl groups is 1. The minimum Gasteiger partial charge on any atom is -0.530 e. The molecule has 0 bridgehead atoms. The fourth-order valence-corrected chi connectivity index (χ4v) is 4.57. The first-order valence-electron chi connectivity index (χ1n) is 11.0. The van der Waals surface area contributed by atoms with E-state index in [1.165, 1.54) is 0 Å². The Morgan fingerprint density at radius 2 is 1.63 bits per heavy atom. The van der Waals surface area contributed by atoms with Crippen LogP contribution in [0.25, 0.3) is 0 Å². The molecule has 1 amide bonds. The van der Waals surface area contributed by atoms with Gasteiger partial charge in [-0.25, -0.2) is 0 Å². The summed E-state index contributed by atoms with van der Waals surface area (Å²) in [5, 5.41) is 25.8. The standard InChI is InChI=1S/C24H26F6N2O3/c1-2-19-11-18(12-20(32(19)22(34)35)21(33)15-6-4-3-5-7-15)31-13-14-8-16(23(25,26)27)10-17(9-14)24(28,29)30/h3-10,18-21,31,33H,2,11-13H2,1H3,(H,34,35)/p-1/t18?,19?,20?,21-/m1/s1. The highest BCUT2D eigenvalue weighted by Crippen LogP contribution is 2.37. The molecule has 1 aliphatic heterocycles. The van der Waals surface area contributed by atoms with Crippen molar-refractivity contribution < 1.29 is 41.4 Å². The van der Waals surface area contributed by atoms with Gasteiger partial charge >= 0.3 is 12.4 Å². The first kappa shape index (κ1) is 26.8. The van der Waals surface area contributed by atoms with Gasteiger partial charge in [-0.15, -0.1) is 0 Å².